The molecule has 0 saturated carbocycles. The molecule has 1 saturated heterocycles. The van der Waals surface area contributed by atoms with Crippen molar-refractivity contribution in [3.63, 3.8) is 0 Å². The van der Waals surface area contributed by atoms with E-state index < -0.39 is 32.4 Å². The van der Waals surface area contributed by atoms with E-state index in [9.17, 15) is 29.8 Å². The minimum Gasteiger partial charge on any atom is -0.493 e. The number of thioether (sulfide) groups is 1. The second-order valence-corrected chi connectivity index (χ2v) is 9.17. The zero-order valence-electron chi connectivity index (χ0n) is 20.7. The molecular formula is C26H21N3O9S. The molecular weight excluding hydrogens is 530 g/mol. The van der Waals surface area contributed by atoms with Crippen LogP contribution in [0.3, 0.4) is 0 Å². The molecule has 3 aromatic carbocycles. The Morgan fingerprint density at radius 2 is 1.64 bits per heavy atom. The Labute approximate surface area is 226 Å². The van der Waals surface area contributed by atoms with Crippen molar-refractivity contribution < 1.29 is 33.6 Å². The maximum atomic E-state index is 12.9. The fourth-order valence-electron chi connectivity index (χ4n) is 3.56. The van der Waals surface area contributed by atoms with E-state index in [0.29, 0.717) is 11.3 Å². The lowest BCUT2D eigenvalue weighted by Gasteiger charge is -2.13. The largest absolute Gasteiger partial charge is 0.493 e. The molecule has 0 atom stereocenters. The van der Waals surface area contributed by atoms with Gasteiger partial charge in [0.25, 0.3) is 16.8 Å². The second kappa shape index (κ2) is 11.6. The standard InChI is InChI=1S/C26H21N3O9S/c1-16-3-7-19(8-4-16)37-12-11-27-25(30)24(39-26(27)31)14-17-5-9-22(36-2)23(13-17)38-21-10-6-18(28(32)33)15-20(21)29(34)35/h3-10,13-15H,11-12H2,1-2H3/b24-14-. The quantitative estimate of drug-likeness (QED) is 0.174. The first kappa shape index (κ1) is 27.1. The van der Waals surface area contributed by atoms with E-state index in [-0.39, 0.29) is 35.3 Å². The van der Waals surface area contributed by atoms with Gasteiger partial charge in [-0.2, -0.15) is 0 Å². The van der Waals surface area contributed by atoms with Crippen molar-refractivity contribution in [2.24, 2.45) is 0 Å². The van der Waals surface area contributed by atoms with Gasteiger partial charge < -0.3 is 14.2 Å². The molecule has 0 spiro atoms. The summed E-state index contributed by atoms with van der Waals surface area (Å²) < 4.78 is 16.6. The molecule has 0 bridgehead atoms. The van der Waals surface area contributed by atoms with Gasteiger partial charge in [-0.3, -0.25) is 34.7 Å². The van der Waals surface area contributed by atoms with E-state index in [1.807, 2.05) is 19.1 Å². The average molecular weight is 552 g/mol. The van der Waals surface area contributed by atoms with Gasteiger partial charge in [-0.1, -0.05) is 23.8 Å². The number of ether oxygens (including phenoxy) is 3. The van der Waals surface area contributed by atoms with E-state index in [1.165, 1.54) is 25.3 Å². The van der Waals surface area contributed by atoms with Gasteiger partial charge in [-0.25, -0.2) is 0 Å². The van der Waals surface area contributed by atoms with Gasteiger partial charge >= 0.3 is 5.69 Å². The number of amides is 2. The van der Waals surface area contributed by atoms with Gasteiger partial charge in [0, 0.05) is 6.07 Å². The Bertz CT molecular complexity index is 1490. The van der Waals surface area contributed by atoms with Gasteiger partial charge in [0.15, 0.2) is 11.5 Å². The van der Waals surface area contributed by atoms with E-state index in [2.05, 4.69) is 0 Å². The summed E-state index contributed by atoms with van der Waals surface area (Å²) in [5.74, 6) is 0.189. The lowest BCUT2D eigenvalue weighted by Crippen LogP contribution is -2.32. The minimum atomic E-state index is -0.794. The fraction of sp³-hybridized carbons (Fsp3) is 0.154. The molecule has 1 heterocycles. The van der Waals surface area contributed by atoms with Gasteiger partial charge in [0.2, 0.25) is 5.75 Å². The molecule has 200 valence electrons. The number of non-ortho nitro benzene ring substituents is 1. The summed E-state index contributed by atoms with van der Waals surface area (Å²) in [6.45, 7) is 2.15. The average Bonchev–Trinajstić information content (AvgIpc) is 3.17. The molecule has 1 fully saturated rings. The van der Waals surface area contributed by atoms with Crippen molar-refractivity contribution in [1.29, 1.82) is 0 Å². The first-order valence-electron chi connectivity index (χ1n) is 11.4. The highest BCUT2D eigenvalue weighted by atomic mass is 32.2. The number of carbonyl (C=O) groups is 2. The smallest absolute Gasteiger partial charge is 0.318 e. The highest BCUT2D eigenvalue weighted by Crippen LogP contribution is 2.39. The lowest BCUT2D eigenvalue weighted by molar-refractivity contribution is -0.394. The van der Waals surface area contributed by atoms with Crippen LogP contribution < -0.4 is 14.2 Å². The summed E-state index contributed by atoms with van der Waals surface area (Å²) in [6, 6.07) is 15.0. The summed E-state index contributed by atoms with van der Waals surface area (Å²) in [7, 11) is 1.37. The minimum absolute atomic E-state index is 0.0638. The normalized spacial score (nSPS) is 14.0. The van der Waals surface area contributed by atoms with Crippen LogP contribution in [0.25, 0.3) is 6.08 Å². The van der Waals surface area contributed by atoms with E-state index in [1.54, 1.807) is 18.2 Å². The predicted octanol–water partition coefficient (Wildman–Crippen LogP) is 5.73. The van der Waals surface area contributed by atoms with Crippen molar-refractivity contribution in [1.82, 2.24) is 4.90 Å². The van der Waals surface area contributed by atoms with Crippen molar-refractivity contribution in [3.05, 3.63) is 96.9 Å². The van der Waals surface area contributed by atoms with E-state index in [4.69, 9.17) is 14.2 Å². The van der Waals surface area contributed by atoms with Crippen molar-refractivity contribution in [2.45, 2.75) is 6.92 Å². The molecule has 3 aromatic rings. The topological polar surface area (TPSA) is 151 Å². The number of methoxy groups -OCH3 is 1. The molecule has 1 aliphatic heterocycles. The molecule has 1 aliphatic rings. The third-order valence-electron chi connectivity index (χ3n) is 5.53. The number of aryl methyl sites for hydroxylation is 1. The Balaban J connectivity index is 1.52. The maximum absolute atomic E-state index is 12.9. The number of rotatable bonds is 10. The van der Waals surface area contributed by atoms with Crippen molar-refractivity contribution in [3.8, 4) is 23.0 Å². The molecule has 39 heavy (non-hydrogen) atoms. The second-order valence-electron chi connectivity index (χ2n) is 8.17. The summed E-state index contributed by atoms with van der Waals surface area (Å²) in [4.78, 5) is 47.6. The highest BCUT2D eigenvalue weighted by molar-refractivity contribution is 8.18. The highest BCUT2D eigenvalue weighted by Gasteiger charge is 2.35. The van der Waals surface area contributed by atoms with E-state index >= 15 is 0 Å². The number of nitro benzene ring substituents is 2. The zero-order valence-corrected chi connectivity index (χ0v) is 21.5. The van der Waals surface area contributed by atoms with Crippen molar-refractivity contribution >= 4 is 40.4 Å². The first-order valence-corrected chi connectivity index (χ1v) is 12.2. The van der Waals surface area contributed by atoms with Crippen LogP contribution in [-0.4, -0.2) is 46.2 Å². The number of nitro groups is 2. The number of nitrogens with zero attached hydrogens (tertiary/aromatic N) is 3. The van der Waals surface area contributed by atoms with Gasteiger partial charge in [-0.15, -0.1) is 0 Å². The molecule has 0 N–H and O–H groups in total. The van der Waals surface area contributed by atoms with Crippen LogP contribution >= 0.6 is 11.8 Å². The van der Waals surface area contributed by atoms with Gasteiger partial charge in [0.05, 0.1) is 34.5 Å². The van der Waals surface area contributed by atoms with Crippen molar-refractivity contribution in [2.75, 3.05) is 20.3 Å². The lowest BCUT2D eigenvalue weighted by atomic mass is 10.1. The number of carbonyl (C=O) groups excluding carboxylic acids is 2. The molecule has 4 rings (SSSR count). The summed E-state index contributed by atoms with van der Waals surface area (Å²) in [5.41, 5.74) is 0.466. The third kappa shape index (κ3) is 6.33. The first-order chi connectivity index (χ1) is 18.7. The Morgan fingerprint density at radius 3 is 2.31 bits per heavy atom. The van der Waals surface area contributed by atoms with E-state index in [0.717, 1.165) is 40.4 Å². The predicted molar refractivity (Wildman–Crippen MR) is 142 cm³/mol. The summed E-state index contributed by atoms with van der Waals surface area (Å²) in [6.07, 6.45) is 1.49. The van der Waals surface area contributed by atoms with Crippen LogP contribution in [-0.2, 0) is 4.79 Å². The van der Waals surface area contributed by atoms with Crippen LogP contribution in [0.5, 0.6) is 23.0 Å². The fourth-order valence-corrected chi connectivity index (χ4v) is 4.43. The number of benzene rings is 3. The Kier molecular flexibility index (Phi) is 8.10. The maximum Gasteiger partial charge on any atom is 0.318 e. The van der Waals surface area contributed by atoms with Gasteiger partial charge in [0.1, 0.15) is 12.4 Å². The van der Waals surface area contributed by atoms with Crippen LogP contribution in [0.2, 0.25) is 0 Å². The zero-order chi connectivity index (χ0) is 28.1. The molecule has 12 nitrogen and oxygen atoms in total. The summed E-state index contributed by atoms with van der Waals surface area (Å²) >= 11 is 0.773. The molecule has 13 heteroatoms. The molecule has 0 unspecified atom stereocenters. The monoisotopic (exact) mass is 551 g/mol. The van der Waals surface area contributed by atoms with Crippen LogP contribution in [0.1, 0.15) is 11.1 Å². The Morgan fingerprint density at radius 1 is 0.923 bits per heavy atom. The molecule has 0 aromatic heterocycles. The third-order valence-corrected chi connectivity index (χ3v) is 6.44. The van der Waals surface area contributed by atoms with Crippen LogP contribution in [0, 0.1) is 27.2 Å². The molecule has 0 aliphatic carbocycles. The SMILES string of the molecule is COc1ccc(/C=C2\SC(=O)N(CCOc3ccc(C)cc3)C2=O)cc1Oc1ccc([N+](=O)[O-])cc1[N+](=O)[O-]. The van der Waals surface area contributed by atoms with Crippen LogP contribution in [0.4, 0.5) is 16.2 Å². The summed E-state index contributed by atoms with van der Waals surface area (Å²) in [5, 5.41) is 22.1. The van der Waals surface area contributed by atoms with Gasteiger partial charge in [-0.05, 0) is 60.7 Å². The van der Waals surface area contributed by atoms with Crippen LogP contribution in [0.15, 0.2) is 65.6 Å². The number of imide groups is 1. The number of hydrogen-bond acceptors (Lipinski definition) is 10. The Hall–Kier alpha value is -4.91. The number of hydrogen-bond donors (Lipinski definition) is 0. The molecule has 0 radical (unpaired) electrons. The molecule has 2 amide bonds.